The van der Waals surface area contributed by atoms with Gasteiger partial charge in [-0.2, -0.15) is 4.31 Å². The Morgan fingerprint density at radius 1 is 1.07 bits per heavy atom. The monoisotopic (exact) mass is 414 g/mol. The highest BCUT2D eigenvalue weighted by Gasteiger charge is 2.32. The number of carbonyl (C=O) groups excluding carboxylic acids is 1. The summed E-state index contributed by atoms with van der Waals surface area (Å²) in [5.74, 6) is -0.135. The highest BCUT2D eigenvalue weighted by Crippen LogP contribution is 2.26. The molecule has 5 nitrogen and oxygen atoms in total. The molecular weight excluding hydrogens is 384 g/mol. The zero-order valence-corrected chi connectivity index (χ0v) is 18.2. The fraction of sp³-hybridized carbons (Fsp3) is 0.435. The van der Waals surface area contributed by atoms with E-state index in [0.717, 1.165) is 12.0 Å². The van der Waals surface area contributed by atoms with Crippen LogP contribution in [0.2, 0.25) is 0 Å². The summed E-state index contributed by atoms with van der Waals surface area (Å²) in [6.45, 7) is 6.97. The molecule has 1 unspecified atom stereocenters. The smallest absolute Gasteiger partial charge is 0.243 e. The molecule has 29 heavy (non-hydrogen) atoms. The molecule has 1 aliphatic heterocycles. The van der Waals surface area contributed by atoms with Crippen LogP contribution in [0, 0.1) is 19.8 Å². The van der Waals surface area contributed by atoms with Gasteiger partial charge in [-0.1, -0.05) is 43.3 Å². The maximum atomic E-state index is 12.8. The van der Waals surface area contributed by atoms with Crippen LogP contribution in [-0.4, -0.2) is 31.7 Å². The van der Waals surface area contributed by atoms with Crippen molar-refractivity contribution in [2.45, 2.75) is 51.0 Å². The standard InChI is InChI=1S/C23H30N2O3S/c1-4-22(20-11-10-17(2)18(3)16-20)24-23(26)19-12-14-25(15-13-19)29(27,28)21-8-6-5-7-9-21/h5-11,16,19,22H,4,12-15H2,1-3H3,(H,24,26). The number of carbonyl (C=O) groups is 1. The molecule has 1 aliphatic rings. The zero-order valence-electron chi connectivity index (χ0n) is 17.4. The Labute approximate surface area is 174 Å². The van der Waals surface area contributed by atoms with Gasteiger partial charge in [-0.25, -0.2) is 8.42 Å². The van der Waals surface area contributed by atoms with Gasteiger partial charge < -0.3 is 5.32 Å². The molecule has 0 bridgehead atoms. The SMILES string of the molecule is CCC(NC(=O)C1CCN(S(=O)(=O)c2ccccc2)CC1)c1ccc(C)c(C)c1. The molecule has 1 fully saturated rings. The fourth-order valence-electron chi connectivity index (χ4n) is 3.79. The molecule has 0 spiro atoms. The van der Waals surface area contributed by atoms with Crippen molar-refractivity contribution in [3.8, 4) is 0 Å². The van der Waals surface area contributed by atoms with Crippen LogP contribution in [0.15, 0.2) is 53.4 Å². The van der Waals surface area contributed by atoms with Crippen LogP contribution in [-0.2, 0) is 14.8 Å². The van der Waals surface area contributed by atoms with Crippen LogP contribution in [0.1, 0.15) is 48.9 Å². The van der Waals surface area contributed by atoms with E-state index in [1.807, 2.05) is 0 Å². The minimum absolute atomic E-state index is 0.0202. The van der Waals surface area contributed by atoms with E-state index >= 15 is 0 Å². The molecule has 0 radical (unpaired) electrons. The number of amides is 1. The minimum atomic E-state index is -3.49. The lowest BCUT2D eigenvalue weighted by molar-refractivity contribution is -0.126. The quantitative estimate of drug-likeness (QED) is 0.778. The Bertz CT molecular complexity index is 949. The van der Waals surface area contributed by atoms with E-state index in [1.165, 1.54) is 15.4 Å². The van der Waals surface area contributed by atoms with Gasteiger partial charge >= 0.3 is 0 Å². The Kier molecular flexibility index (Phi) is 6.75. The van der Waals surface area contributed by atoms with Crippen molar-refractivity contribution in [3.05, 3.63) is 65.2 Å². The molecule has 6 heteroatoms. The second-order valence-corrected chi connectivity index (χ2v) is 9.74. The normalized spacial score (nSPS) is 17.1. The lowest BCUT2D eigenvalue weighted by Gasteiger charge is -2.31. The Balaban J connectivity index is 1.61. The van der Waals surface area contributed by atoms with E-state index in [4.69, 9.17) is 0 Å². The van der Waals surface area contributed by atoms with Gasteiger partial charge in [0.05, 0.1) is 10.9 Å². The number of piperidine rings is 1. The lowest BCUT2D eigenvalue weighted by Crippen LogP contribution is -2.43. The van der Waals surface area contributed by atoms with Crippen LogP contribution >= 0.6 is 0 Å². The first-order valence-electron chi connectivity index (χ1n) is 10.3. The minimum Gasteiger partial charge on any atom is -0.349 e. The molecule has 2 aromatic carbocycles. The summed E-state index contributed by atoms with van der Waals surface area (Å²) in [5, 5.41) is 3.18. The third-order valence-corrected chi connectivity index (χ3v) is 7.78. The van der Waals surface area contributed by atoms with Crippen molar-refractivity contribution in [2.75, 3.05) is 13.1 Å². The molecule has 1 N–H and O–H groups in total. The molecular formula is C23H30N2O3S. The van der Waals surface area contributed by atoms with Gasteiger partial charge in [-0.15, -0.1) is 0 Å². The van der Waals surface area contributed by atoms with Crippen molar-refractivity contribution in [1.29, 1.82) is 0 Å². The maximum Gasteiger partial charge on any atom is 0.243 e. The number of benzene rings is 2. The first-order valence-corrected chi connectivity index (χ1v) is 11.7. The van der Waals surface area contributed by atoms with Crippen molar-refractivity contribution in [3.63, 3.8) is 0 Å². The second-order valence-electron chi connectivity index (χ2n) is 7.80. The number of nitrogens with one attached hydrogen (secondary N) is 1. The summed E-state index contributed by atoms with van der Waals surface area (Å²) in [6.07, 6.45) is 1.90. The number of aryl methyl sites for hydroxylation is 2. The van der Waals surface area contributed by atoms with E-state index in [1.54, 1.807) is 30.3 Å². The highest BCUT2D eigenvalue weighted by molar-refractivity contribution is 7.89. The van der Waals surface area contributed by atoms with E-state index in [0.29, 0.717) is 30.8 Å². The number of rotatable bonds is 6. The first-order chi connectivity index (χ1) is 13.8. The van der Waals surface area contributed by atoms with Crippen molar-refractivity contribution >= 4 is 15.9 Å². The summed E-state index contributed by atoms with van der Waals surface area (Å²) in [6, 6.07) is 14.8. The molecule has 156 valence electrons. The fourth-order valence-corrected chi connectivity index (χ4v) is 5.28. The molecule has 2 aromatic rings. The summed E-state index contributed by atoms with van der Waals surface area (Å²) >= 11 is 0. The molecule has 0 aliphatic carbocycles. The summed E-state index contributed by atoms with van der Waals surface area (Å²) < 4.78 is 27.0. The van der Waals surface area contributed by atoms with Gasteiger partial charge in [-0.05, 0) is 61.9 Å². The highest BCUT2D eigenvalue weighted by atomic mass is 32.2. The van der Waals surface area contributed by atoms with E-state index < -0.39 is 10.0 Å². The molecule has 1 atom stereocenters. The van der Waals surface area contributed by atoms with E-state index in [-0.39, 0.29) is 17.9 Å². The first kappa shape index (κ1) is 21.5. The number of hydrogen-bond donors (Lipinski definition) is 1. The Hall–Kier alpha value is -2.18. The van der Waals surface area contributed by atoms with Crippen molar-refractivity contribution < 1.29 is 13.2 Å². The van der Waals surface area contributed by atoms with Gasteiger partial charge in [0.15, 0.2) is 0 Å². The number of nitrogens with zero attached hydrogens (tertiary/aromatic N) is 1. The molecule has 1 heterocycles. The van der Waals surface area contributed by atoms with Crippen LogP contribution in [0.5, 0.6) is 0 Å². The summed E-state index contributed by atoms with van der Waals surface area (Å²) in [7, 11) is -3.49. The van der Waals surface area contributed by atoms with Crippen molar-refractivity contribution in [1.82, 2.24) is 9.62 Å². The van der Waals surface area contributed by atoms with Gasteiger partial charge in [0.2, 0.25) is 15.9 Å². The van der Waals surface area contributed by atoms with E-state index in [9.17, 15) is 13.2 Å². The van der Waals surface area contributed by atoms with Crippen LogP contribution in [0.4, 0.5) is 0 Å². The topological polar surface area (TPSA) is 66.5 Å². The van der Waals surface area contributed by atoms with E-state index in [2.05, 4.69) is 44.3 Å². The van der Waals surface area contributed by atoms with Crippen molar-refractivity contribution in [2.24, 2.45) is 5.92 Å². The Morgan fingerprint density at radius 2 is 1.72 bits per heavy atom. The molecule has 0 saturated carbocycles. The predicted molar refractivity (Wildman–Crippen MR) is 115 cm³/mol. The molecule has 0 aromatic heterocycles. The van der Waals surface area contributed by atoms with Crippen LogP contribution < -0.4 is 5.32 Å². The maximum absolute atomic E-state index is 12.8. The number of hydrogen-bond acceptors (Lipinski definition) is 3. The average Bonchev–Trinajstić information content (AvgIpc) is 2.74. The second kappa shape index (κ2) is 9.09. The summed E-state index contributed by atoms with van der Waals surface area (Å²) in [4.78, 5) is 13.1. The third kappa shape index (κ3) is 4.87. The molecule has 1 amide bonds. The predicted octanol–water partition coefficient (Wildman–Crippen LogP) is 3.97. The van der Waals surface area contributed by atoms with Gasteiger partial charge in [0.1, 0.15) is 0 Å². The van der Waals surface area contributed by atoms with Gasteiger partial charge in [-0.3, -0.25) is 4.79 Å². The van der Waals surface area contributed by atoms with Gasteiger partial charge in [0.25, 0.3) is 0 Å². The summed E-state index contributed by atoms with van der Waals surface area (Å²) in [5.41, 5.74) is 3.57. The van der Waals surface area contributed by atoms with Crippen LogP contribution in [0.3, 0.4) is 0 Å². The average molecular weight is 415 g/mol. The van der Waals surface area contributed by atoms with Crippen LogP contribution in [0.25, 0.3) is 0 Å². The molecule has 3 rings (SSSR count). The zero-order chi connectivity index (χ0) is 21.0. The Morgan fingerprint density at radius 3 is 2.31 bits per heavy atom. The molecule has 1 saturated heterocycles. The van der Waals surface area contributed by atoms with Gasteiger partial charge in [0, 0.05) is 19.0 Å². The number of sulfonamides is 1. The largest absolute Gasteiger partial charge is 0.349 e. The third-order valence-electron chi connectivity index (χ3n) is 5.86. The lowest BCUT2D eigenvalue weighted by atomic mass is 9.95.